The van der Waals surface area contributed by atoms with Crippen LogP contribution in [0.4, 0.5) is 0 Å². The third kappa shape index (κ3) is 1.37. The summed E-state index contributed by atoms with van der Waals surface area (Å²) in [5.74, 6) is 0. The van der Waals surface area contributed by atoms with Gasteiger partial charge in [0.05, 0.1) is 0 Å². The average molecular weight is 235 g/mol. The van der Waals surface area contributed by atoms with E-state index in [1.807, 2.05) is 0 Å². The fraction of sp³-hybridized carbons (Fsp3) is 0.167. The van der Waals surface area contributed by atoms with E-state index in [2.05, 4.69) is 4.37 Å². The van der Waals surface area contributed by atoms with Gasteiger partial charge in [0, 0.05) is 10.8 Å². The Kier molecular flexibility index (Phi) is 1.91. The van der Waals surface area contributed by atoms with Gasteiger partial charge in [-0.3, -0.25) is 4.55 Å². The van der Waals surface area contributed by atoms with E-state index in [1.165, 1.54) is 11.5 Å². The average Bonchev–Trinajstić information content (AvgIpc) is 2.51. The van der Waals surface area contributed by atoms with Crippen LogP contribution in [0.3, 0.4) is 0 Å². The molecule has 0 aliphatic rings. The lowest BCUT2D eigenvalue weighted by Gasteiger charge is -1.91. The maximum atomic E-state index is 10.9. The van der Waals surface area contributed by atoms with Gasteiger partial charge in [0.2, 0.25) is 0 Å². The molecule has 0 atom stereocenters. The molecule has 2 aromatic heterocycles. The van der Waals surface area contributed by atoms with Crippen molar-refractivity contribution in [2.24, 2.45) is 0 Å². The number of hydrogen-bond acceptors (Lipinski definition) is 5. The zero-order valence-electron chi connectivity index (χ0n) is 6.51. The quantitative estimate of drug-likeness (QED) is 0.767. The number of rotatable bonds is 1. The Hall–Kier alpha value is -0.500. The summed E-state index contributed by atoms with van der Waals surface area (Å²) in [6.07, 6.45) is 0. The molecule has 2 heterocycles. The van der Waals surface area contributed by atoms with Crippen LogP contribution in [0.15, 0.2) is 9.59 Å². The fourth-order valence-electron chi connectivity index (χ4n) is 1.07. The summed E-state index contributed by atoms with van der Waals surface area (Å²) in [7, 11) is -4.08. The molecule has 0 saturated carbocycles. The number of hydrogen-bond donors (Lipinski definition) is 1. The number of fused-ring (bicyclic) bond motifs is 1. The minimum Gasteiger partial charge on any atom is -0.281 e. The predicted octanol–water partition coefficient (Wildman–Crippen LogP) is 1.91. The third-order valence-corrected chi connectivity index (χ3v) is 5.07. The standard InChI is InChI=1S/C6H5NO3S3/c1-3-4-2-11-7-5(4)12-6(3)13(8,9)10/h2H,1H3,(H,8,9,10). The first kappa shape index (κ1) is 9.07. The van der Waals surface area contributed by atoms with E-state index in [9.17, 15) is 8.42 Å². The van der Waals surface area contributed by atoms with Crippen LogP contribution in [0, 0.1) is 6.92 Å². The topological polar surface area (TPSA) is 67.3 Å². The van der Waals surface area contributed by atoms with Gasteiger partial charge in [0.15, 0.2) is 4.21 Å². The zero-order chi connectivity index (χ0) is 9.64. The molecular formula is C6H5NO3S3. The van der Waals surface area contributed by atoms with E-state index in [4.69, 9.17) is 4.55 Å². The second-order valence-electron chi connectivity index (χ2n) is 2.52. The summed E-state index contributed by atoms with van der Waals surface area (Å²) in [6.45, 7) is 1.66. The molecule has 13 heavy (non-hydrogen) atoms. The first-order valence-electron chi connectivity index (χ1n) is 3.31. The Morgan fingerprint density at radius 1 is 1.54 bits per heavy atom. The molecule has 2 aromatic rings. The van der Waals surface area contributed by atoms with Crippen LogP contribution < -0.4 is 0 Å². The van der Waals surface area contributed by atoms with E-state index < -0.39 is 10.1 Å². The Morgan fingerprint density at radius 2 is 2.23 bits per heavy atom. The molecule has 0 fully saturated rings. The molecule has 0 aromatic carbocycles. The fourth-order valence-corrected chi connectivity index (χ4v) is 3.98. The molecule has 7 heteroatoms. The molecule has 0 aliphatic carbocycles. The van der Waals surface area contributed by atoms with Crippen molar-refractivity contribution in [3.05, 3.63) is 10.9 Å². The first-order chi connectivity index (χ1) is 6.00. The highest BCUT2D eigenvalue weighted by Crippen LogP contribution is 2.33. The van der Waals surface area contributed by atoms with Crippen molar-refractivity contribution in [2.75, 3.05) is 0 Å². The first-order valence-corrected chi connectivity index (χ1v) is 6.40. The highest BCUT2D eigenvalue weighted by atomic mass is 32.3. The van der Waals surface area contributed by atoms with Crippen LogP contribution in [-0.4, -0.2) is 17.3 Å². The molecule has 4 nitrogen and oxygen atoms in total. The van der Waals surface area contributed by atoms with Crippen LogP contribution >= 0.6 is 22.9 Å². The predicted molar refractivity (Wildman–Crippen MR) is 52.0 cm³/mol. The summed E-state index contributed by atoms with van der Waals surface area (Å²) in [6, 6.07) is 0. The van der Waals surface area contributed by atoms with E-state index in [0.29, 0.717) is 10.4 Å². The molecule has 0 aliphatic heterocycles. The van der Waals surface area contributed by atoms with Crippen molar-refractivity contribution in [1.82, 2.24) is 4.37 Å². The highest BCUT2D eigenvalue weighted by Gasteiger charge is 2.19. The smallest absolute Gasteiger partial charge is 0.281 e. The van der Waals surface area contributed by atoms with Gasteiger partial charge < -0.3 is 0 Å². The second-order valence-corrected chi connectivity index (χ2v) is 5.77. The second kappa shape index (κ2) is 2.74. The third-order valence-electron chi connectivity index (χ3n) is 1.67. The van der Waals surface area contributed by atoms with Crippen molar-refractivity contribution in [1.29, 1.82) is 0 Å². The SMILES string of the molecule is Cc1c(S(=O)(=O)O)sc2nscc12. The summed E-state index contributed by atoms with van der Waals surface area (Å²) >= 11 is 2.28. The number of thiophene rings is 1. The van der Waals surface area contributed by atoms with Gasteiger partial charge in [0.1, 0.15) is 4.83 Å². The van der Waals surface area contributed by atoms with E-state index >= 15 is 0 Å². The van der Waals surface area contributed by atoms with Crippen LogP contribution in [0.2, 0.25) is 0 Å². The van der Waals surface area contributed by atoms with Crippen LogP contribution in [-0.2, 0) is 10.1 Å². The monoisotopic (exact) mass is 235 g/mol. The maximum absolute atomic E-state index is 10.9. The van der Waals surface area contributed by atoms with Gasteiger partial charge >= 0.3 is 10.1 Å². The van der Waals surface area contributed by atoms with Crippen molar-refractivity contribution < 1.29 is 13.0 Å². The molecule has 0 spiro atoms. The molecule has 0 amide bonds. The molecule has 0 radical (unpaired) electrons. The van der Waals surface area contributed by atoms with Crippen LogP contribution in [0.5, 0.6) is 0 Å². The number of nitrogens with zero attached hydrogens (tertiary/aromatic N) is 1. The lowest BCUT2D eigenvalue weighted by Crippen LogP contribution is -1.96. The Labute approximate surface area is 82.7 Å². The molecule has 2 rings (SSSR count). The minimum absolute atomic E-state index is 0.00204. The molecule has 0 saturated heterocycles. The maximum Gasteiger partial charge on any atom is 0.304 e. The number of aryl methyl sites for hydroxylation is 1. The Balaban J connectivity index is 2.86. The van der Waals surface area contributed by atoms with E-state index in [-0.39, 0.29) is 4.21 Å². The van der Waals surface area contributed by atoms with E-state index in [1.54, 1.807) is 12.3 Å². The Morgan fingerprint density at radius 3 is 2.77 bits per heavy atom. The summed E-state index contributed by atoms with van der Waals surface area (Å²) in [5, 5.41) is 2.58. The van der Waals surface area contributed by atoms with Gasteiger partial charge in [-0.25, -0.2) is 0 Å². The largest absolute Gasteiger partial charge is 0.304 e. The van der Waals surface area contributed by atoms with Gasteiger partial charge in [-0.15, -0.1) is 0 Å². The summed E-state index contributed by atoms with van der Waals surface area (Å²) < 4.78 is 34.6. The van der Waals surface area contributed by atoms with Crippen molar-refractivity contribution >= 4 is 43.2 Å². The lowest BCUT2D eigenvalue weighted by atomic mass is 10.3. The summed E-state index contributed by atoms with van der Waals surface area (Å²) in [4.78, 5) is 0.662. The molecule has 1 N–H and O–H groups in total. The normalized spacial score (nSPS) is 12.5. The lowest BCUT2D eigenvalue weighted by molar-refractivity contribution is 0.485. The minimum atomic E-state index is -4.08. The molecular weight excluding hydrogens is 230 g/mol. The zero-order valence-corrected chi connectivity index (χ0v) is 8.96. The number of aromatic nitrogens is 1. The molecule has 0 unspecified atom stereocenters. The molecule has 0 bridgehead atoms. The summed E-state index contributed by atoms with van der Waals surface area (Å²) in [5.41, 5.74) is 0.580. The van der Waals surface area contributed by atoms with Gasteiger partial charge in [-0.05, 0) is 24.0 Å². The van der Waals surface area contributed by atoms with Crippen molar-refractivity contribution in [2.45, 2.75) is 11.1 Å². The van der Waals surface area contributed by atoms with Gasteiger partial charge in [-0.1, -0.05) is 11.3 Å². The van der Waals surface area contributed by atoms with E-state index in [0.717, 1.165) is 16.7 Å². The van der Waals surface area contributed by atoms with Gasteiger partial charge in [0.25, 0.3) is 0 Å². The highest BCUT2D eigenvalue weighted by molar-refractivity contribution is 7.88. The van der Waals surface area contributed by atoms with Crippen molar-refractivity contribution in [3.63, 3.8) is 0 Å². The van der Waals surface area contributed by atoms with Crippen LogP contribution in [0.25, 0.3) is 10.2 Å². The van der Waals surface area contributed by atoms with Crippen molar-refractivity contribution in [3.8, 4) is 0 Å². The Bertz CT molecular complexity index is 551. The van der Waals surface area contributed by atoms with Gasteiger partial charge in [-0.2, -0.15) is 12.8 Å². The molecule has 70 valence electrons. The van der Waals surface area contributed by atoms with Crippen LogP contribution in [0.1, 0.15) is 5.56 Å².